The van der Waals surface area contributed by atoms with Crippen molar-refractivity contribution >= 4 is 11.3 Å². The van der Waals surface area contributed by atoms with Crippen molar-refractivity contribution in [2.45, 2.75) is 19.9 Å². The number of hydrogen-bond donors (Lipinski definition) is 1. The smallest absolute Gasteiger partial charge is 0.124 e. The van der Waals surface area contributed by atoms with Crippen LogP contribution in [0.3, 0.4) is 0 Å². The van der Waals surface area contributed by atoms with Gasteiger partial charge in [0.15, 0.2) is 0 Å². The van der Waals surface area contributed by atoms with Crippen LogP contribution in [0.15, 0.2) is 24.5 Å². The number of aryl methyl sites for hydroxylation is 1. The average molecular weight is 288 g/mol. The Labute approximate surface area is 123 Å². The van der Waals surface area contributed by atoms with Crippen LogP contribution in [-0.4, -0.2) is 41.0 Å². The first-order valence-corrected chi connectivity index (χ1v) is 7.90. The summed E-state index contributed by atoms with van der Waals surface area (Å²) in [5.41, 5.74) is 2.32. The van der Waals surface area contributed by atoms with Gasteiger partial charge in [-0.2, -0.15) is 0 Å². The number of pyridine rings is 1. The summed E-state index contributed by atoms with van der Waals surface area (Å²) in [6.07, 6.45) is 3.65. The molecule has 0 bridgehead atoms. The Morgan fingerprint density at radius 3 is 2.65 bits per heavy atom. The standard InChI is InChI=1S/C15H20N4S/c1-11-14(12(2)19-9-7-17-8-10-19)20-15(18-11)13-3-5-16-6-4-13/h3-6,12,17H,7-10H2,1-2H3. The molecule has 1 aliphatic rings. The molecule has 3 rings (SSSR count). The number of rotatable bonds is 3. The van der Waals surface area contributed by atoms with Crippen LogP contribution in [0.5, 0.6) is 0 Å². The van der Waals surface area contributed by atoms with Crippen molar-refractivity contribution in [1.82, 2.24) is 20.2 Å². The zero-order valence-electron chi connectivity index (χ0n) is 12.0. The largest absolute Gasteiger partial charge is 0.314 e. The maximum atomic E-state index is 4.75. The fourth-order valence-electron chi connectivity index (χ4n) is 2.65. The van der Waals surface area contributed by atoms with Crippen molar-refractivity contribution in [3.63, 3.8) is 0 Å². The van der Waals surface area contributed by atoms with Gasteiger partial charge in [0.25, 0.3) is 0 Å². The number of aromatic nitrogens is 2. The second-order valence-corrected chi connectivity index (χ2v) is 6.20. The van der Waals surface area contributed by atoms with Gasteiger partial charge in [-0.05, 0) is 26.0 Å². The van der Waals surface area contributed by atoms with Crippen LogP contribution in [0.25, 0.3) is 10.6 Å². The lowest BCUT2D eigenvalue weighted by Crippen LogP contribution is -2.44. The second kappa shape index (κ2) is 5.99. The predicted octanol–water partition coefficient (Wildman–Crippen LogP) is 2.48. The summed E-state index contributed by atoms with van der Waals surface area (Å²) in [7, 11) is 0. The minimum absolute atomic E-state index is 0.449. The molecule has 1 aliphatic heterocycles. The molecule has 0 aliphatic carbocycles. The third kappa shape index (κ3) is 2.75. The molecule has 20 heavy (non-hydrogen) atoms. The number of nitrogens with one attached hydrogen (secondary N) is 1. The first-order chi connectivity index (χ1) is 9.75. The molecule has 0 radical (unpaired) electrons. The molecule has 0 spiro atoms. The molecule has 0 aromatic carbocycles. The maximum Gasteiger partial charge on any atom is 0.124 e. The van der Waals surface area contributed by atoms with E-state index in [0.717, 1.165) is 42.4 Å². The number of piperazine rings is 1. The van der Waals surface area contributed by atoms with Crippen LogP contribution in [0, 0.1) is 6.92 Å². The van der Waals surface area contributed by atoms with Gasteiger partial charge in [-0.15, -0.1) is 11.3 Å². The molecule has 2 aromatic heterocycles. The Kier molecular flexibility index (Phi) is 4.10. The highest BCUT2D eigenvalue weighted by Gasteiger charge is 2.22. The van der Waals surface area contributed by atoms with Crippen LogP contribution >= 0.6 is 11.3 Å². The summed E-state index contributed by atoms with van der Waals surface area (Å²) >= 11 is 1.81. The molecule has 1 atom stereocenters. The van der Waals surface area contributed by atoms with Crippen LogP contribution in [0.1, 0.15) is 23.5 Å². The fourth-order valence-corrected chi connectivity index (χ4v) is 3.81. The van der Waals surface area contributed by atoms with Gasteiger partial charge < -0.3 is 5.32 Å². The van der Waals surface area contributed by atoms with E-state index in [4.69, 9.17) is 4.98 Å². The summed E-state index contributed by atoms with van der Waals surface area (Å²) in [5.74, 6) is 0. The van der Waals surface area contributed by atoms with E-state index >= 15 is 0 Å². The highest BCUT2D eigenvalue weighted by molar-refractivity contribution is 7.15. The molecule has 4 nitrogen and oxygen atoms in total. The van der Waals surface area contributed by atoms with Gasteiger partial charge in [0.1, 0.15) is 5.01 Å². The lowest BCUT2D eigenvalue weighted by atomic mass is 10.2. The summed E-state index contributed by atoms with van der Waals surface area (Å²) in [5, 5.41) is 4.50. The fraction of sp³-hybridized carbons (Fsp3) is 0.467. The number of nitrogens with zero attached hydrogens (tertiary/aromatic N) is 3. The SMILES string of the molecule is Cc1nc(-c2ccncc2)sc1C(C)N1CCNCC1. The van der Waals surface area contributed by atoms with E-state index in [1.54, 1.807) is 0 Å². The Hall–Kier alpha value is -1.30. The van der Waals surface area contributed by atoms with Crippen molar-refractivity contribution in [2.75, 3.05) is 26.2 Å². The van der Waals surface area contributed by atoms with E-state index in [9.17, 15) is 0 Å². The maximum absolute atomic E-state index is 4.75. The van der Waals surface area contributed by atoms with E-state index in [1.165, 1.54) is 4.88 Å². The number of thiazole rings is 1. The Bertz CT molecular complexity index is 561. The van der Waals surface area contributed by atoms with Crippen molar-refractivity contribution in [3.05, 3.63) is 35.1 Å². The van der Waals surface area contributed by atoms with Crippen molar-refractivity contribution in [1.29, 1.82) is 0 Å². The van der Waals surface area contributed by atoms with E-state index in [0.29, 0.717) is 6.04 Å². The Balaban J connectivity index is 1.85. The summed E-state index contributed by atoms with van der Waals surface area (Å²) in [4.78, 5) is 12.7. The third-order valence-electron chi connectivity index (χ3n) is 3.84. The van der Waals surface area contributed by atoms with Crippen LogP contribution in [-0.2, 0) is 0 Å². The van der Waals surface area contributed by atoms with Gasteiger partial charge in [-0.1, -0.05) is 0 Å². The lowest BCUT2D eigenvalue weighted by molar-refractivity contribution is 0.187. The molecule has 1 fully saturated rings. The minimum atomic E-state index is 0.449. The summed E-state index contributed by atoms with van der Waals surface area (Å²) in [6.45, 7) is 8.81. The molecular weight excluding hydrogens is 268 g/mol. The molecule has 0 saturated carbocycles. The van der Waals surface area contributed by atoms with Crippen molar-refractivity contribution in [2.24, 2.45) is 0 Å². The van der Waals surface area contributed by atoms with Crippen molar-refractivity contribution in [3.8, 4) is 10.6 Å². The first-order valence-electron chi connectivity index (χ1n) is 7.08. The van der Waals surface area contributed by atoms with Gasteiger partial charge >= 0.3 is 0 Å². The Morgan fingerprint density at radius 1 is 1.25 bits per heavy atom. The molecular formula is C15H20N4S. The van der Waals surface area contributed by atoms with Gasteiger partial charge in [0.05, 0.1) is 5.69 Å². The third-order valence-corrected chi connectivity index (χ3v) is 5.22. The molecule has 1 saturated heterocycles. The van der Waals surface area contributed by atoms with Crippen LogP contribution < -0.4 is 5.32 Å². The average Bonchev–Trinajstić information content (AvgIpc) is 2.90. The molecule has 2 aromatic rings. The zero-order chi connectivity index (χ0) is 13.9. The Morgan fingerprint density at radius 2 is 1.95 bits per heavy atom. The second-order valence-electron chi connectivity index (χ2n) is 5.17. The summed E-state index contributed by atoms with van der Waals surface area (Å²) < 4.78 is 0. The molecule has 0 amide bonds. The normalized spacial score (nSPS) is 18.1. The topological polar surface area (TPSA) is 41.1 Å². The first kappa shape index (κ1) is 13.7. The van der Waals surface area contributed by atoms with E-state index in [1.807, 2.05) is 35.9 Å². The minimum Gasteiger partial charge on any atom is -0.314 e. The number of hydrogen-bond acceptors (Lipinski definition) is 5. The zero-order valence-corrected chi connectivity index (χ0v) is 12.8. The molecule has 1 N–H and O–H groups in total. The molecule has 3 heterocycles. The predicted molar refractivity (Wildman–Crippen MR) is 82.9 cm³/mol. The van der Waals surface area contributed by atoms with Gasteiger partial charge in [0, 0.05) is 55.1 Å². The molecule has 1 unspecified atom stereocenters. The monoisotopic (exact) mass is 288 g/mol. The van der Waals surface area contributed by atoms with Gasteiger partial charge in [0.2, 0.25) is 0 Å². The van der Waals surface area contributed by atoms with Gasteiger partial charge in [-0.25, -0.2) is 4.98 Å². The van der Waals surface area contributed by atoms with E-state index < -0.39 is 0 Å². The highest BCUT2D eigenvalue weighted by atomic mass is 32.1. The quantitative estimate of drug-likeness (QED) is 0.942. The van der Waals surface area contributed by atoms with E-state index in [-0.39, 0.29) is 0 Å². The molecule has 5 heteroatoms. The lowest BCUT2D eigenvalue weighted by Gasteiger charge is -2.32. The van der Waals surface area contributed by atoms with Crippen LogP contribution in [0.4, 0.5) is 0 Å². The van der Waals surface area contributed by atoms with Crippen molar-refractivity contribution < 1.29 is 0 Å². The van der Waals surface area contributed by atoms with Gasteiger partial charge in [-0.3, -0.25) is 9.88 Å². The van der Waals surface area contributed by atoms with E-state index in [2.05, 4.69) is 29.0 Å². The van der Waals surface area contributed by atoms with Crippen LogP contribution in [0.2, 0.25) is 0 Å². The highest BCUT2D eigenvalue weighted by Crippen LogP contribution is 2.34. The summed E-state index contributed by atoms with van der Waals surface area (Å²) in [6, 6.07) is 4.50. The molecule has 106 valence electrons.